The Morgan fingerprint density at radius 1 is 1.00 bits per heavy atom. The van der Waals surface area contributed by atoms with Crippen LogP contribution in [-0.2, 0) is 14.8 Å². The standard InChI is InChI=1S/C43H48ClF2N7O5S/c1-24-8-13-30(14-9-24)59(55,56)53-33-15-10-25(2)34(35(33)26(3)49-53)36-32(44)18-31-38(37(36)46)47-40(57-23-43-16-7-17-51(43)20-27(45)19-43)48-39(31)50-21-28-11-12-29(22-50)52(28)41(54)58-42(4,5)6/h8-10,13-15,18,27-29H,7,11-12,16-17,19-23H2,1-6H3/t27-,28?,29?,43+/m1/s1. The Bertz CT molecular complexity index is 2620. The lowest BCUT2D eigenvalue weighted by molar-refractivity contribution is 0.0122. The molecule has 4 aliphatic rings. The van der Waals surface area contributed by atoms with Crippen molar-refractivity contribution in [2.24, 2.45) is 0 Å². The molecule has 1 amide bonds. The minimum Gasteiger partial charge on any atom is -0.461 e. The minimum absolute atomic E-state index is 0.0318. The maximum atomic E-state index is 17.7. The molecule has 4 aliphatic heterocycles. The molecule has 59 heavy (non-hydrogen) atoms. The number of halogens is 3. The van der Waals surface area contributed by atoms with Gasteiger partial charge in [0.25, 0.3) is 10.0 Å². The molecule has 0 saturated carbocycles. The monoisotopic (exact) mass is 847 g/mol. The molecule has 4 saturated heterocycles. The number of benzene rings is 3. The maximum absolute atomic E-state index is 17.7. The quantitative estimate of drug-likeness (QED) is 0.159. The number of nitrogens with zero attached hydrogens (tertiary/aromatic N) is 7. The first-order valence-corrected chi connectivity index (χ1v) is 22.1. The lowest BCUT2D eigenvalue weighted by Crippen LogP contribution is -2.57. The summed E-state index contributed by atoms with van der Waals surface area (Å²) in [5.41, 5.74) is 1.45. The van der Waals surface area contributed by atoms with Gasteiger partial charge in [-0.15, -0.1) is 0 Å². The smallest absolute Gasteiger partial charge is 0.410 e. The van der Waals surface area contributed by atoms with E-state index in [0.717, 1.165) is 41.9 Å². The fourth-order valence-electron chi connectivity index (χ4n) is 9.81. The van der Waals surface area contributed by atoms with Crippen molar-refractivity contribution >= 4 is 55.3 Å². The molecule has 312 valence electrons. The third-order valence-electron chi connectivity index (χ3n) is 12.5. The van der Waals surface area contributed by atoms with E-state index in [1.807, 2.05) is 44.4 Å². The minimum atomic E-state index is -4.12. The average Bonchev–Trinajstić information content (AvgIpc) is 3.88. The van der Waals surface area contributed by atoms with E-state index in [-0.39, 0.29) is 57.3 Å². The summed E-state index contributed by atoms with van der Waals surface area (Å²) in [6.07, 6.45) is 2.25. The van der Waals surface area contributed by atoms with Gasteiger partial charge >= 0.3 is 12.1 Å². The number of ether oxygens (including phenoxy) is 2. The van der Waals surface area contributed by atoms with Crippen LogP contribution in [0.25, 0.3) is 32.9 Å². The topological polar surface area (TPSA) is 123 Å². The van der Waals surface area contributed by atoms with E-state index in [9.17, 15) is 17.6 Å². The highest BCUT2D eigenvalue weighted by molar-refractivity contribution is 7.90. The Morgan fingerprint density at radius 2 is 1.71 bits per heavy atom. The third kappa shape index (κ3) is 6.77. The van der Waals surface area contributed by atoms with Crippen LogP contribution in [0.1, 0.15) is 69.7 Å². The first kappa shape index (κ1) is 39.8. The Balaban J connectivity index is 1.17. The number of carbonyl (C=O) groups excluding carboxylic acids is 1. The molecule has 12 nitrogen and oxygen atoms in total. The van der Waals surface area contributed by atoms with E-state index in [1.165, 1.54) is 12.1 Å². The highest BCUT2D eigenvalue weighted by atomic mass is 35.5. The number of aryl methyl sites for hydroxylation is 3. The van der Waals surface area contributed by atoms with Crippen LogP contribution in [0.2, 0.25) is 5.02 Å². The van der Waals surface area contributed by atoms with Crippen LogP contribution < -0.4 is 9.64 Å². The summed E-state index contributed by atoms with van der Waals surface area (Å²) in [5, 5.41) is 5.36. The molecule has 0 spiro atoms. The Labute approximate surface area is 347 Å². The van der Waals surface area contributed by atoms with E-state index >= 15 is 4.39 Å². The molecule has 9 rings (SSSR count). The second-order valence-corrected chi connectivity index (χ2v) is 19.9. The van der Waals surface area contributed by atoms with Crippen LogP contribution in [0.5, 0.6) is 6.01 Å². The summed E-state index contributed by atoms with van der Waals surface area (Å²) in [6, 6.07) is 11.2. The number of rotatable bonds is 7. The van der Waals surface area contributed by atoms with Crippen molar-refractivity contribution in [3.63, 3.8) is 0 Å². The summed E-state index contributed by atoms with van der Waals surface area (Å²) >= 11 is 7.14. The van der Waals surface area contributed by atoms with Gasteiger partial charge in [-0.05, 0) is 104 Å². The molecule has 6 heterocycles. The number of fused-ring (bicyclic) bond motifs is 5. The number of anilines is 1. The Morgan fingerprint density at radius 3 is 2.41 bits per heavy atom. The van der Waals surface area contributed by atoms with Gasteiger partial charge in [-0.1, -0.05) is 35.4 Å². The van der Waals surface area contributed by atoms with Crippen LogP contribution >= 0.6 is 11.6 Å². The number of aromatic nitrogens is 4. The Hall–Kier alpha value is -4.60. The number of piperazine rings is 1. The molecule has 2 aromatic heterocycles. The molecule has 4 fully saturated rings. The van der Waals surface area contributed by atoms with Crippen LogP contribution in [-0.4, -0.2) is 106 Å². The second-order valence-electron chi connectivity index (χ2n) is 17.7. The number of hydrogen-bond donors (Lipinski definition) is 0. The normalized spacial score (nSPS) is 23.4. The van der Waals surface area contributed by atoms with Gasteiger partial charge in [0.2, 0.25) is 0 Å². The first-order chi connectivity index (χ1) is 27.9. The van der Waals surface area contributed by atoms with E-state index in [2.05, 4.69) is 10.00 Å². The van der Waals surface area contributed by atoms with Gasteiger partial charge in [-0.25, -0.2) is 13.6 Å². The van der Waals surface area contributed by atoms with E-state index in [0.29, 0.717) is 59.5 Å². The fraction of sp³-hybridized carbons (Fsp3) is 0.488. The molecule has 4 atom stereocenters. The molecule has 0 aliphatic carbocycles. The van der Waals surface area contributed by atoms with Crippen molar-refractivity contribution < 1.29 is 31.5 Å². The van der Waals surface area contributed by atoms with Crippen LogP contribution in [0.15, 0.2) is 47.4 Å². The zero-order valence-corrected chi connectivity index (χ0v) is 35.6. The highest BCUT2D eigenvalue weighted by Gasteiger charge is 2.50. The molecule has 2 unspecified atom stereocenters. The molecule has 3 aromatic carbocycles. The zero-order chi connectivity index (χ0) is 41.8. The highest BCUT2D eigenvalue weighted by Crippen LogP contribution is 2.46. The molecule has 0 N–H and O–H groups in total. The zero-order valence-electron chi connectivity index (χ0n) is 34.1. The SMILES string of the molecule is Cc1ccc(S(=O)(=O)n2nc(C)c3c(-c4c(Cl)cc5c(N6CC7CCC(C6)N7C(=O)OC(C)(C)C)nc(OC[C@@]67CCCN6C[C@H](F)C7)nc5c4F)c(C)ccc32)cc1. The van der Waals surface area contributed by atoms with E-state index in [1.54, 1.807) is 37.3 Å². The molecule has 5 aromatic rings. The van der Waals surface area contributed by atoms with Crippen LogP contribution in [0.3, 0.4) is 0 Å². The summed E-state index contributed by atoms with van der Waals surface area (Å²) in [7, 11) is -4.12. The molecule has 0 radical (unpaired) electrons. The lowest BCUT2D eigenvalue weighted by Gasteiger charge is -2.42. The van der Waals surface area contributed by atoms with Gasteiger partial charge in [0.15, 0.2) is 5.82 Å². The first-order valence-electron chi connectivity index (χ1n) is 20.2. The van der Waals surface area contributed by atoms with E-state index in [4.69, 9.17) is 31.0 Å². The number of alkyl halides is 1. The molecule has 2 bridgehead atoms. The van der Waals surface area contributed by atoms with Gasteiger partial charge in [-0.2, -0.15) is 27.6 Å². The second kappa shape index (κ2) is 14.3. The maximum Gasteiger partial charge on any atom is 0.410 e. The van der Waals surface area contributed by atoms with Crippen molar-refractivity contribution in [2.75, 3.05) is 37.7 Å². The van der Waals surface area contributed by atoms with Crippen LogP contribution in [0.4, 0.5) is 19.4 Å². The molecular formula is C43H48ClF2N7O5S. The van der Waals surface area contributed by atoms with Gasteiger partial charge < -0.3 is 14.4 Å². The van der Waals surface area contributed by atoms with Crippen molar-refractivity contribution in [3.05, 3.63) is 70.1 Å². The summed E-state index contributed by atoms with van der Waals surface area (Å²) in [4.78, 5) is 29.0. The predicted molar refractivity (Wildman–Crippen MR) is 222 cm³/mol. The van der Waals surface area contributed by atoms with Gasteiger partial charge in [0.1, 0.15) is 29.7 Å². The van der Waals surface area contributed by atoms with Crippen molar-refractivity contribution in [1.29, 1.82) is 0 Å². The van der Waals surface area contributed by atoms with Crippen LogP contribution in [0, 0.1) is 26.6 Å². The molecular weight excluding hydrogens is 800 g/mol. The third-order valence-corrected chi connectivity index (χ3v) is 14.4. The lowest BCUT2D eigenvalue weighted by atomic mass is 9.94. The predicted octanol–water partition coefficient (Wildman–Crippen LogP) is 8.14. The molecule has 16 heteroatoms. The summed E-state index contributed by atoms with van der Waals surface area (Å²) in [5.74, 6) is -0.317. The van der Waals surface area contributed by atoms with Gasteiger partial charge in [-0.3, -0.25) is 9.80 Å². The summed E-state index contributed by atoms with van der Waals surface area (Å²) < 4.78 is 73.5. The largest absolute Gasteiger partial charge is 0.461 e. The number of amides is 1. The summed E-state index contributed by atoms with van der Waals surface area (Å²) in [6.45, 7) is 13.0. The number of carbonyl (C=O) groups is 1. The van der Waals surface area contributed by atoms with Crippen molar-refractivity contribution in [2.45, 2.75) is 108 Å². The van der Waals surface area contributed by atoms with Gasteiger partial charge in [0, 0.05) is 48.0 Å². The fourth-order valence-corrected chi connectivity index (χ4v) is 11.4. The van der Waals surface area contributed by atoms with Gasteiger partial charge in [0.05, 0.1) is 38.8 Å². The van der Waals surface area contributed by atoms with Crippen molar-refractivity contribution in [1.82, 2.24) is 29.0 Å². The average molecular weight is 848 g/mol. The van der Waals surface area contributed by atoms with Crippen molar-refractivity contribution in [3.8, 4) is 17.1 Å². The van der Waals surface area contributed by atoms with E-state index < -0.39 is 33.2 Å². The Kier molecular flexibility index (Phi) is 9.63. The number of hydrogen-bond acceptors (Lipinski definition) is 10.